The third kappa shape index (κ3) is 3.88. The topological polar surface area (TPSA) is 64.0 Å². The van der Waals surface area contributed by atoms with Crippen LogP contribution in [0.4, 0.5) is 5.69 Å². The second-order valence-corrected chi connectivity index (χ2v) is 7.15. The molecule has 0 bridgehead atoms. The first-order valence-corrected chi connectivity index (χ1v) is 9.74. The van der Waals surface area contributed by atoms with Gasteiger partial charge in [0, 0.05) is 16.3 Å². The standard InChI is InChI=1S/C24H18ClN3O2/c1-16-21(23(29)17-8-4-2-5-9-17)22(24(30)26-19-10-6-3-7-11-19)27-28(16)20-14-12-18(25)13-15-20/h2-15H,1H3,(H,26,30). The molecule has 0 aliphatic carbocycles. The quantitative estimate of drug-likeness (QED) is 0.449. The van der Waals surface area contributed by atoms with Crippen LogP contribution < -0.4 is 5.32 Å². The van der Waals surface area contributed by atoms with Crippen LogP contribution in [0.5, 0.6) is 0 Å². The molecule has 148 valence electrons. The number of carbonyl (C=O) groups excluding carboxylic acids is 2. The lowest BCUT2D eigenvalue weighted by atomic mass is 10.0. The van der Waals surface area contributed by atoms with E-state index in [2.05, 4.69) is 10.4 Å². The van der Waals surface area contributed by atoms with Crippen molar-refractivity contribution in [1.29, 1.82) is 0 Å². The van der Waals surface area contributed by atoms with E-state index in [1.54, 1.807) is 72.3 Å². The first-order valence-electron chi connectivity index (χ1n) is 9.36. The van der Waals surface area contributed by atoms with E-state index < -0.39 is 5.91 Å². The highest BCUT2D eigenvalue weighted by Gasteiger charge is 2.27. The maximum absolute atomic E-state index is 13.3. The van der Waals surface area contributed by atoms with Crippen LogP contribution in [-0.2, 0) is 0 Å². The van der Waals surface area contributed by atoms with Gasteiger partial charge in [-0.3, -0.25) is 9.59 Å². The van der Waals surface area contributed by atoms with E-state index in [9.17, 15) is 9.59 Å². The Hall–Kier alpha value is -3.70. The molecule has 0 saturated heterocycles. The maximum Gasteiger partial charge on any atom is 0.276 e. The molecule has 1 aromatic heterocycles. The fourth-order valence-electron chi connectivity index (χ4n) is 3.21. The Morgan fingerprint density at radius 1 is 0.867 bits per heavy atom. The van der Waals surface area contributed by atoms with Crippen LogP contribution in [0.25, 0.3) is 5.69 Å². The van der Waals surface area contributed by atoms with Crippen molar-refractivity contribution >= 4 is 29.0 Å². The van der Waals surface area contributed by atoms with Crippen molar-refractivity contribution in [1.82, 2.24) is 9.78 Å². The molecule has 3 aromatic carbocycles. The van der Waals surface area contributed by atoms with Gasteiger partial charge in [-0.25, -0.2) is 4.68 Å². The van der Waals surface area contributed by atoms with Crippen LogP contribution in [0.3, 0.4) is 0 Å². The minimum absolute atomic E-state index is 0.0696. The molecule has 0 fully saturated rings. The number of rotatable bonds is 5. The van der Waals surface area contributed by atoms with E-state index in [4.69, 9.17) is 11.6 Å². The van der Waals surface area contributed by atoms with Gasteiger partial charge in [0.15, 0.2) is 11.5 Å². The SMILES string of the molecule is Cc1c(C(=O)c2ccccc2)c(C(=O)Nc2ccccc2)nn1-c1ccc(Cl)cc1. The van der Waals surface area contributed by atoms with Crippen molar-refractivity contribution in [3.8, 4) is 5.69 Å². The van der Waals surface area contributed by atoms with Crippen molar-refractivity contribution in [3.05, 3.63) is 112 Å². The molecule has 6 heteroatoms. The van der Waals surface area contributed by atoms with Gasteiger partial charge in [-0.1, -0.05) is 60.1 Å². The number of carbonyl (C=O) groups is 2. The summed E-state index contributed by atoms with van der Waals surface area (Å²) in [6.07, 6.45) is 0. The summed E-state index contributed by atoms with van der Waals surface area (Å²) in [4.78, 5) is 26.4. The minimum Gasteiger partial charge on any atom is -0.321 e. The Morgan fingerprint density at radius 3 is 2.10 bits per heavy atom. The van der Waals surface area contributed by atoms with E-state index >= 15 is 0 Å². The maximum atomic E-state index is 13.3. The Bertz CT molecular complexity index is 1200. The van der Waals surface area contributed by atoms with Gasteiger partial charge in [0.05, 0.1) is 16.9 Å². The summed E-state index contributed by atoms with van der Waals surface area (Å²) in [6, 6.07) is 25.0. The van der Waals surface area contributed by atoms with Crippen LogP contribution >= 0.6 is 11.6 Å². The van der Waals surface area contributed by atoms with Gasteiger partial charge in [-0.15, -0.1) is 0 Å². The molecular formula is C24H18ClN3O2. The summed E-state index contributed by atoms with van der Waals surface area (Å²) in [5, 5.41) is 7.90. The lowest BCUT2D eigenvalue weighted by molar-refractivity contribution is 0.0993. The molecule has 0 aliphatic rings. The Kier molecular flexibility index (Phi) is 5.46. The van der Waals surface area contributed by atoms with E-state index in [1.807, 2.05) is 24.3 Å². The van der Waals surface area contributed by atoms with Crippen LogP contribution in [0.2, 0.25) is 5.02 Å². The van der Waals surface area contributed by atoms with Gasteiger partial charge in [0.1, 0.15) is 0 Å². The number of halogens is 1. The molecule has 30 heavy (non-hydrogen) atoms. The lowest BCUT2D eigenvalue weighted by Gasteiger charge is -2.06. The summed E-state index contributed by atoms with van der Waals surface area (Å²) in [7, 11) is 0. The number of nitrogens with one attached hydrogen (secondary N) is 1. The van der Waals surface area contributed by atoms with Crippen LogP contribution in [-0.4, -0.2) is 21.5 Å². The largest absolute Gasteiger partial charge is 0.321 e. The predicted molar refractivity (Wildman–Crippen MR) is 118 cm³/mol. The van der Waals surface area contributed by atoms with Crippen LogP contribution in [0, 0.1) is 6.92 Å². The molecule has 0 saturated carbocycles. The van der Waals surface area contributed by atoms with Crippen molar-refractivity contribution in [2.45, 2.75) is 6.92 Å². The molecular weight excluding hydrogens is 398 g/mol. The van der Waals surface area contributed by atoms with Crippen LogP contribution in [0.15, 0.2) is 84.9 Å². The zero-order valence-corrected chi connectivity index (χ0v) is 16.9. The second kappa shape index (κ2) is 8.35. The smallest absolute Gasteiger partial charge is 0.276 e. The number of aromatic nitrogens is 2. The number of anilines is 1. The molecule has 5 nitrogen and oxygen atoms in total. The van der Waals surface area contributed by atoms with Gasteiger partial charge in [-0.2, -0.15) is 5.10 Å². The predicted octanol–water partition coefficient (Wildman–Crippen LogP) is 5.32. The second-order valence-electron chi connectivity index (χ2n) is 6.71. The average Bonchev–Trinajstić information content (AvgIpc) is 3.12. The molecule has 4 rings (SSSR count). The molecule has 0 aliphatic heterocycles. The monoisotopic (exact) mass is 415 g/mol. The summed E-state index contributed by atoms with van der Waals surface area (Å²) in [5.41, 5.74) is 2.73. The molecule has 1 N–H and O–H groups in total. The lowest BCUT2D eigenvalue weighted by Crippen LogP contribution is -2.17. The highest BCUT2D eigenvalue weighted by molar-refractivity contribution is 6.30. The van der Waals surface area contributed by atoms with Gasteiger partial charge >= 0.3 is 0 Å². The van der Waals surface area contributed by atoms with Crippen molar-refractivity contribution in [2.75, 3.05) is 5.32 Å². The number of benzene rings is 3. The Morgan fingerprint density at radius 2 is 1.47 bits per heavy atom. The number of ketones is 1. The molecule has 1 amide bonds. The van der Waals surface area contributed by atoms with E-state index in [0.29, 0.717) is 27.7 Å². The third-order valence-electron chi connectivity index (χ3n) is 4.70. The molecule has 4 aromatic rings. The van der Waals surface area contributed by atoms with Gasteiger partial charge in [-0.05, 0) is 43.3 Å². The first kappa shape index (κ1) is 19.6. The highest BCUT2D eigenvalue weighted by Crippen LogP contribution is 2.24. The average molecular weight is 416 g/mol. The van der Waals surface area contributed by atoms with Gasteiger partial charge < -0.3 is 5.32 Å². The van der Waals surface area contributed by atoms with E-state index in [0.717, 1.165) is 0 Å². The van der Waals surface area contributed by atoms with Crippen molar-refractivity contribution in [3.63, 3.8) is 0 Å². The van der Waals surface area contributed by atoms with Crippen molar-refractivity contribution < 1.29 is 9.59 Å². The summed E-state index contributed by atoms with van der Waals surface area (Å²) in [5.74, 6) is -0.706. The zero-order valence-electron chi connectivity index (χ0n) is 16.2. The van der Waals surface area contributed by atoms with E-state index in [1.165, 1.54) is 0 Å². The summed E-state index contributed by atoms with van der Waals surface area (Å²) >= 11 is 6.00. The van der Waals surface area contributed by atoms with Crippen LogP contribution in [0.1, 0.15) is 32.1 Å². The molecule has 0 atom stereocenters. The normalized spacial score (nSPS) is 10.6. The van der Waals surface area contributed by atoms with Crippen molar-refractivity contribution in [2.24, 2.45) is 0 Å². The molecule has 0 radical (unpaired) electrons. The molecule has 1 heterocycles. The van der Waals surface area contributed by atoms with Gasteiger partial charge in [0.25, 0.3) is 5.91 Å². The number of para-hydroxylation sites is 1. The fraction of sp³-hybridized carbons (Fsp3) is 0.0417. The first-order chi connectivity index (χ1) is 14.5. The fourth-order valence-corrected chi connectivity index (χ4v) is 3.34. The molecule has 0 spiro atoms. The zero-order chi connectivity index (χ0) is 21.1. The summed E-state index contributed by atoms with van der Waals surface area (Å²) < 4.78 is 1.59. The number of hydrogen-bond donors (Lipinski definition) is 1. The van der Waals surface area contributed by atoms with Gasteiger partial charge in [0.2, 0.25) is 0 Å². The number of amides is 1. The Balaban J connectivity index is 1.82. The number of hydrogen-bond acceptors (Lipinski definition) is 3. The minimum atomic E-state index is -0.448. The van der Waals surface area contributed by atoms with E-state index in [-0.39, 0.29) is 17.0 Å². The third-order valence-corrected chi connectivity index (χ3v) is 4.95. The Labute approximate surface area is 178 Å². The summed E-state index contributed by atoms with van der Waals surface area (Å²) in [6.45, 7) is 1.77. The number of nitrogens with zero attached hydrogens (tertiary/aromatic N) is 2. The molecule has 0 unspecified atom stereocenters. The highest BCUT2D eigenvalue weighted by atomic mass is 35.5.